The summed E-state index contributed by atoms with van der Waals surface area (Å²) >= 11 is 0. The molecule has 3 aliphatic heterocycles. The standard InChI is InChI=1S/C13H19N5O2/c19-12-4-1-9(13(20)15-12)10-2-3-11(17-16-10)18-7-5-14-6-8-18/h2-3,9,11,14,17H,1,4-8H2,(H,15,19,20). The Labute approximate surface area is 117 Å². The van der Waals surface area contributed by atoms with E-state index in [1.165, 1.54) is 0 Å². The summed E-state index contributed by atoms with van der Waals surface area (Å²) in [4.78, 5) is 25.2. The number of hydrazone groups is 1. The van der Waals surface area contributed by atoms with Gasteiger partial charge in [-0.2, -0.15) is 5.10 Å². The van der Waals surface area contributed by atoms with Gasteiger partial charge in [0.1, 0.15) is 6.17 Å². The molecule has 3 heterocycles. The number of piperidine rings is 1. The van der Waals surface area contributed by atoms with Crippen LogP contribution in [0.5, 0.6) is 0 Å². The van der Waals surface area contributed by atoms with E-state index in [2.05, 4.69) is 26.1 Å². The minimum atomic E-state index is -0.319. The number of amides is 2. The van der Waals surface area contributed by atoms with Gasteiger partial charge in [0, 0.05) is 32.6 Å². The number of piperazine rings is 1. The van der Waals surface area contributed by atoms with Gasteiger partial charge in [-0.25, -0.2) is 0 Å². The van der Waals surface area contributed by atoms with Gasteiger partial charge >= 0.3 is 0 Å². The number of hydrogen-bond donors (Lipinski definition) is 3. The van der Waals surface area contributed by atoms with Crippen LogP contribution in [0.1, 0.15) is 12.8 Å². The van der Waals surface area contributed by atoms with Crippen LogP contribution in [0.15, 0.2) is 17.3 Å². The number of allylic oxidation sites excluding steroid dienone is 1. The zero-order chi connectivity index (χ0) is 13.9. The maximum atomic E-state index is 11.8. The van der Waals surface area contributed by atoms with Gasteiger partial charge in [-0.1, -0.05) is 0 Å². The average Bonchev–Trinajstić information content (AvgIpc) is 2.48. The second-order valence-electron chi connectivity index (χ2n) is 5.26. The van der Waals surface area contributed by atoms with Crippen LogP contribution < -0.4 is 16.1 Å². The molecule has 20 heavy (non-hydrogen) atoms. The Morgan fingerprint density at radius 2 is 2.05 bits per heavy atom. The molecule has 0 radical (unpaired) electrons. The summed E-state index contributed by atoms with van der Waals surface area (Å²) < 4.78 is 0. The van der Waals surface area contributed by atoms with E-state index < -0.39 is 0 Å². The highest BCUT2D eigenvalue weighted by atomic mass is 16.2. The Bertz CT molecular complexity index is 467. The molecular formula is C13H19N5O2. The number of rotatable bonds is 2. The summed E-state index contributed by atoms with van der Waals surface area (Å²) in [7, 11) is 0. The lowest BCUT2D eigenvalue weighted by Crippen LogP contribution is -2.53. The fourth-order valence-electron chi connectivity index (χ4n) is 2.74. The topological polar surface area (TPSA) is 85.8 Å². The first kappa shape index (κ1) is 13.3. The molecule has 0 aromatic heterocycles. The van der Waals surface area contributed by atoms with Crippen LogP contribution in [0, 0.1) is 5.92 Å². The van der Waals surface area contributed by atoms with E-state index in [1.807, 2.05) is 12.2 Å². The molecule has 3 N–H and O–H groups in total. The highest BCUT2D eigenvalue weighted by Crippen LogP contribution is 2.17. The second-order valence-corrected chi connectivity index (χ2v) is 5.26. The smallest absolute Gasteiger partial charge is 0.235 e. The number of nitrogens with one attached hydrogen (secondary N) is 3. The van der Waals surface area contributed by atoms with Crippen molar-refractivity contribution in [3.63, 3.8) is 0 Å². The third-order valence-corrected chi connectivity index (χ3v) is 3.92. The van der Waals surface area contributed by atoms with Gasteiger partial charge in [-0.15, -0.1) is 0 Å². The molecule has 0 aromatic rings. The molecule has 2 atom stereocenters. The van der Waals surface area contributed by atoms with E-state index in [-0.39, 0.29) is 23.9 Å². The van der Waals surface area contributed by atoms with Gasteiger partial charge in [0.05, 0.1) is 11.6 Å². The van der Waals surface area contributed by atoms with Crippen molar-refractivity contribution in [3.8, 4) is 0 Å². The van der Waals surface area contributed by atoms with Crippen molar-refractivity contribution in [1.29, 1.82) is 0 Å². The predicted molar refractivity (Wildman–Crippen MR) is 73.8 cm³/mol. The molecule has 0 spiro atoms. The molecule has 0 aliphatic carbocycles. The molecule has 7 heteroatoms. The van der Waals surface area contributed by atoms with Crippen LogP contribution in [0.25, 0.3) is 0 Å². The Balaban J connectivity index is 1.61. The maximum Gasteiger partial charge on any atom is 0.235 e. The fourth-order valence-corrected chi connectivity index (χ4v) is 2.74. The van der Waals surface area contributed by atoms with Crippen LogP contribution in [0.3, 0.4) is 0 Å². The lowest BCUT2D eigenvalue weighted by Gasteiger charge is -2.34. The number of carbonyl (C=O) groups excluding carboxylic acids is 2. The van der Waals surface area contributed by atoms with Crippen molar-refractivity contribution >= 4 is 17.5 Å². The van der Waals surface area contributed by atoms with E-state index >= 15 is 0 Å². The van der Waals surface area contributed by atoms with Gasteiger partial charge in [-0.3, -0.25) is 25.2 Å². The van der Waals surface area contributed by atoms with Gasteiger partial charge in [-0.05, 0) is 18.6 Å². The first-order valence-corrected chi connectivity index (χ1v) is 7.04. The average molecular weight is 277 g/mol. The molecule has 3 rings (SSSR count). The first-order valence-electron chi connectivity index (χ1n) is 7.04. The SMILES string of the molecule is O=C1CCC(C2=NNC(N3CCNCC3)C=C2)C(=O)N1. The molecule has 2 fully saturated rings. The van der Waals surface area contributed by atoms with Crippen molar-refractivity contribution in [3.05, 3.63) is 12.2 Å². The lowest BCUT2D eigenvalue weighted by atomic mass is 9.92. The second kappa shape index (κ2) is 5.72. The maximum absolute atomic E-state index is 11.8. The van der Waals surface area contributed by atoms with E-state index in [9.17, 15) is 9.59 Å². The van der Waals surface area contributed by atoms with Gasteiger partial charge in [0.25, 0.3) is 0 Å². The Morgan fingerprint density at radius 3 is 2.70 bits per heavy atom. The van der Waals surface area contributed by atoms with Crippen LogP contribution in [0.4, 0.5) is 0 Å². The third kappa shape index (κ3) is 2.73. The van der Waals surface area contributed by atoms with Crippen molar-refractivity contribution in [2.75, 3.05) is 26.2 Å². The van der Waals surface area contributed by atoms with Crippen molar-refractivity contribution in [1.82, 2.24) is 21.0 Å². The lowest BCUT2D eigenvalue weighted by molar-refractivity contribution is -0.134. The molecule has 3 aliphatic rings. The molecule has 2 unspecified atom stereocenters. The van der Waals surface area contributed by atoms with Crippen LogP contribution in [-0.2, 0) is 9.59 Å². The predicted octanol–water partition coefficient (Wildman–Crippen LogP) is -1.21. The van der Waals surface area contributed by atoms with E-state index in [4.69, 9.17) is 0 Å². The molecule has 0 bridgehead atoms. The highest BCUT2D eigenvalue weighted by molar-refractivity contribution is 6.14. The Morgan fingerprint density at radius 1 is 1.25 bits per heavy atom. The normalized spacial score (nSPS) is 31.5. The van der Waals surface area contributed by atoms with Crippen LogP contribution in [-0.4, -0.2) is 54.8 Å². The quantitative estimate of drug-likeness (QED) is 0.551. The fraction of sp³-hybridized carbons (Fsp3) is 0.615. The largest absolute Gasteiger partial charge is 0.314 e. The molecule has 7 nitrogen and oxygen atoms in total. The zero-order valence-corrected chi connectivity index (χ0v) is 11.3. The molecule has 2 saturated heterocycles. The molecular weight excluding hydrogens is 258 g/mol. The summed E-state index contributed by atoms with van der Waals surface area (Å²) in [5.41, 5.74) is 3.81. The highest BCUT2D eigenvalue weighted by Gasteiger charge is 2.31. The third-order valence-electron chi connectivity index (χ3n) is 3.92. The number of imide groups is 1. The minimum Gasteiger partial charge on any atom is -0.314 e. The van der Waals surface area contributed by atoms with Crippen molar-refractivity contribution in [2.24, 2.45) is 11.0 Å². The van der Waals surface area contributed by atoms with Crippen molar-refractivity contribution < 1.29 is 9.59 Å². The Hall–Kier alpha value is -1.73. The molecule has 108 valence electrons. The molecule has 0 aromatic carbocycles. The van der Waals surface area contributed by atoms with Gasteiger partial charge in [0.15, 0.2) is 0 Å². The number of hydrogen-bond acceptors (Lipinski definition) is 6. The van der Waals surface area contributed by atoms with Crippen LogP contribution >= 0.6 is 0 Å². The summed E-state index contributed by atoms with van der Waals surface area (Å²) in [5.74, 6) is -0.759. The first-order chi connectivity index (χ1) is 9.74. The summed E-state index contributed by atoms with van der Waals surface area (Å²) in [6.07, 6.45) is 4.95. The minimum absolute atomic E-state index is 0.0918. The summed E-state index contributed by atoms with van der Waals surface area (Å²) in [5, 5.41) is 10.0. The number of carbonyl (C=O) groups is 2. The van der Waals surface area contributed by atoms with E-state index in [0.29, 0.717) is 18.6 Å². The number of nitrogens with zero attached hydrogens (tertiary/aromatic N) is 2. The molecule has 0 saturated carbocycles. The van der Waals surface area contributed by atoms with E-state index in [1.54, 1.807) is 0 Å². The summed E-state index contributed by atoms with van der Waals surface area (Å²) in [6, 6.07) is 0. The van der Waals surface area contributed by atoms with Crippen molar-refractivity contribution in [2.45, 2.75) is 19.0 Å². The van der Waals surface area contributed by atoms with E-state index in [0.717, 1.165) is 26.2 Å². The van der Waals surface area contributed by atoms with Gasteiger partial charge in [0.2, 0.25) is 11.8 Å². The monoisotopic (exact) mass is 277 g/mol. The Kier molecular flexibility index (Phi) is 3.79. The van der Waals surface area contributed by atoms with Crippen LogP contribution in [0.2, 0.25) is 0 Å². The van der Waals surface area contributed by atoms with Gasteiger partial charge < -0.3 is 5.32 Å². The summed E-state index contributed by atoms with van der Waals surface area (Å²) in [6.45, 7) is 3.92. The zero-order valence-electron chi connectivity index (χ0n) is 11.3. The molecule has 2 amide bonds.